The highest BCUT2D eigenvalue weighted by atomic mass is 19.4. The number of aromatic hydroxyl groups is 1. The normalized spacial score (nSPS) is 15.3. The highest BCUT2D eigenvalue weighted by molar-refractivity contribution is 5.55. The van der Waals surface area contributed by atoms with Gasteiger partial charge < -0.3 is 14.6 Å². The van der Waals surface area contributed by atoms with E-state index in [1.165, 1.54) is 9.13 Å². The maximum absolute atomic E-state index is 13.9. The standard InChI is InChI=1S/C25H32F6N2O4/c1-5-9-16-13-19-18(14-37-23(19,24(26,27)28)25(29,30)31)17(10-6-2)20(16)36-12-8-7-11-33-21(34)15(3)32(4)22(33)35/h13,34H,5-12,14H2,1-4H3. The summed E-state index contributed by atoms with van der Waals surface area (Å²) in [5, 5.41) is 10.1. The molecule has 0 spiro atoms. The van der Waals surface area contributed by atoms with Crippen LogP contribution in [-0.2, 0) is 43.4 Å². The molecule has 2 heterocycles. The van der Waals surface area contributed by atoms with Gasteiger partial charge in [-0.1, -0.05) is 26.7 Å². The molecule has 2 aromatic rings. The molecule has 0 aliphatic carbocycles. The van der Waals surface area contributed by atoms with Crippen LogP contribution in [0, 0.1) is 6.92 Å². The second-order valence-corrected chi connectivity index (χ2v) is 9.29. The molecule has 0 atom stereocenters. The van der Waals surface area contributed by atoms with Crippen LogP contribution >= 0.6 is 0 Å². The Bertz CT molecular complexity index is 1170. The van der Waals surface area contributed by atoms with Crippen molar-refractivity contribution in [3.8, 4) is 11.6 Å². The molecule has 37 heavy (non-hydrogen) atoms. The van der Waals surface area contributed by atoms with E-state index in [4.69, 9.17) is 4.74 Å². The summed E-state index contributed by atoms with van der Waals surface area (Å²) in [6, 6.07) is 0.950. The van der Waals surface area contributed by atoms with Gasteiger partial charge in [0.2, 0.25) is 5.88 Å². The summed E-state index contributed by atoms with van der Waals surface area (Å²) in [7, 11) is 1.55. The van der Waals surface area contributed by atoms with E-state index < -0.39 is 30.1 Å². The number of aromatic nitrogens is 2. The van der Waals surface area contributed by atoms with Gasteiger partial charge in [-0.15, -0.1) is 0 Å². The molecule has 1 N–H and O–H groups in total. The van der Waals surface area contributed by atoms with Gasteiger partial charge in [0.15, 0.2) is 0 Å². The molecule has 1 aliphatic heterocycles. The molecule has 1 aromatic heterocycles. The lowest BCUT2D eigenvalue weighted by atomic mass is 9.84. The second kappa shape index (κ2) is 10.6. The van der Waals surface area contributed by atoms with Gasteiger partial charge in [-0.05, 0) is 49.8 Å². The molecule has 208 valence electrons. The number of halogens is 6. The van der Waals surface area contributed by atoms with Crippen LogP contribution in [0.5, 0.6) is 11.6 Å². The highest BCUT2D eigenvalue weighted by Gasteiger charge is 2.75. The third kappa shape index (κ3) is 4.96. The van der Waals surface area contributed by atoms with E-state index in [1.807, 2.05) is 0 Å². The Morgan fingerprint density at radius 2 is 1.70 bits per heavy atom. The summed E-state index contributed by atoms with van der Waals surface area (Å²) in [5.41, 5.74) is -4.73. The number of nitrogens with zero attached hydrogens (tertiary/aromatic N) is 2. The molecular weight excluding hydrogens is 506 g/mol. The van der Waals surface area contributed by atoms with E-state index in [-0.39, 0.29) is 48.7 Å². The van der Waals surface area contributed by atoms with Crippen LogP contribution in [0.2, 0.25) is 0 Å². The molecule has 0 bridgehead atoms. The molecule has 0 amide bonds. The molecule has 1 aliphatic rings. The average molecular weight is 539 g/mol. The maximum atomic E-state index is 13.9. The van der Waals surface area contributed by atoms with Crippen molar-refractivity contribution in [3.05, 3.63) is 44.5 Å². The Labute approximate surface area is 210 Å². The summed E-state index contributed by atoms with van der Waals surface area (Å²) >= 11 is 0. The van der Waals surface area contributed by atoms with E-state index in [2.05, 4.69) is 4.74 Å². The van der Waals surface area contributed by atoms with Crippen molar-refractivity contribution in [3.63, 3.8) is 0 Å². The fraction of sp³-hybridized carbons (Fsp3) is 0.640. The number of alkyl halides is 6. The Balaban J connectivity index is 1.91. The van der Waals surface area contributed by atoms with Gasteiger partial charge in [-0.3, -0.25) is 9.13 Å². The number of hydrogen-bond acceptors (Lipinski definition) is 4. The van der Waals surface area contributed by atoms with Crippen LogP contribution < -0.4 is 10.4 Å². The number of benzene rings is 1. The molecule has 0 saturated carbocycles. The smallest absolute Gasteiger partial charge is 0.430 e. The van der Waals surface area contributed by atoms with Gasteiger partial charge in [0.05, 0.1) is 18.9 Å². The van der Waals surface area contributed by atoms with Crippen LogP contribution in [-0.4, -0.2) is 33.2 Å². The Kier molecular flexibility index (Phi) is 8.31. The predicted molar refractivity (Wildman–Crippen MR) is 124 cm³/mol. The number of imidazole rings is 1. The van der Waals surface area contributed by atoms with Gasteiger partial charge in [-0.25, -0.2) is 4.79 Å². The summed E-state index contributed by atoms with van der Waals surface area (Å²) in [5.74, 6) is 0.182. The third-order valence-corrected chi connectivity index (χ3v) is 6.83. The monoisotopic (exact) mass is 538 g/mol. The van der Waals surface area contributed by atoms with E-state index in [1.54, 1.807) is 27.8 Å². The lowest BCUT2D eigenvalue weighted by Gasteiger charge is -2.34. The minimum absolute atomic E-state index is 0.123. The molecule has 12 heteroatoms. The van der Waals surface area contributed by atoms with E-state index >= 15 is 0 Å². The Morgan fingerprint density at radius 3 is 2.22 bits per heavy atom. The van der Waals surface area contributed by atoms with Crippen molar-refractivity contribution < 1.29 is 40.9 Å². The molecule has 6 nitrogen and oxygen atoms in total. The van der Waals surface area contributed by atoms with E-state index in [0.717, 1.165) is 6.07 Å². The number of fused-ring (bicyclic) bond motifs is 1. The SMILES string of the molecule is CCCc1cc2c(c(CCC)c1OCCCCn1c(O)c(C)n(C)c1=O)COC2(C(F)(F)F)C(F)(F)F. The van der Waals surface area contributed by atoms with E-state index in [9.17, 15) is 36.2 Å². The van der Waals surface area contributed by atoms with Gasteiger partial charge in [0, 0.05) is 24.7 Å². The Hall–Kier alpha value is -2.63. The molecule has 1 aromatic carbocycles. The molecule has 3 rings (SSSR count). The fourth-order valence-corrected chi connectivity index (χ4v) is 4.84. The first-order chi connectivity index (χ1) is 17.2. The van der Waals surface area contributed by atoms with Crippen molar-refractivity contribution in [1.29, 1.82) is 0 Å². The topological polar surface area (TPSA) is 65.6 Å². The van der Waals surface area contributed by atoms with Crippen molar-refractivity contribution in [1.82, 2.24) is 9.13 Å². The predicted octanol–water partition coefficient (Wildman–Crippen LogP) is 5.82. The number of unbranched alkanes of at least 4 members (excludes halogenated alkanes) is 1. The second-order valence-electron chi connectivity index (χ2n) is 9.29. The van der Waals surface area contributed by atoms with Crippen LogP contribution in [0.1, 0.15) is 67.5 Å². The zero-order valence-electron chi connectivity index (χ0n) is 21.3. The number of hydrogen-bond donors (Lipinski definition) is 1. The summed E-state index contributed by atoms with van der Waals surface area (Å²) in [6.07, 6.45) is -9.03. The Morgan fingerprint density at radius 1 is 1.08 bits per heavy atom. The first-order valence-electron chi connectivity index (χ1n) is 12.3. The summed E-state index contributed by atoms with van der Waals surface area (Å²) < 4.78 is 96.6. The average Bonchev–Trinajstić information content (AvgIpc) is 3.29. The van der Waals surface area contributed by atoms with E-state index in [0.29, 0.717) is 42.7 Å². The number of rotatable bonds is 10. The van der Waals surface area contributed by atoms with Gasteiger partial charge in [-0.2, -0.15) is 26.3 Å². The maximum Gasteiger partial charge on any atom is 0.430 e. The minimum atomic E-state index is -5.69. The summed E-state index contributed by atoms with van der Waals surface area (Å²) in [4.78, 5) is 12.2. The van der Waals surface area contributed by atoms with Gasteiger partial charge in [0.25, 0.3) is 5.60 Å². The van der Waals surface area contributed by atoms with Crippen LogP contribution in [0.25, 0.3) is 0 Å². The lowest BCUT2D eigenvalue weighted by Crippen LogP contribution is -2.53. The first kappa shape index (κ1) is 28.9. The zero-order chi connectivity index (χ0) is 27.8. The largest absolute Gasteiger partial charge is 0.493 e. The van der Waals surface area contributed by atoms with Crippen molar-refractivity contribution in [2.75, 3.05) is 6.61 Å². The summed E-state index contributed by atoms with van der Waals surface area (Å²) in [6.45, 7) is 4.73. The quantitative estimate of drug-likeness (QED) is 0.306. The zero-order valence-corrected chi connectivity index (χ0v) is 21.3. The van der Waals surface area contributed by atoms with Crippen LogP contribution in [0.4, 0.5) is 26.3 Å². The van der Waals surface area contributed by atoms with Crippen molar-refractivity contribution in [2.24, 2.45) is 7.05 Å². The molecule has 0 fully saturated rings. The molecule has 0 saturated heterocycles. The van der Waals surface area contributed by atoms with Gasteiger partial charge >= 0.3 is 18.0 Å². The molecule has 0 radical (unpaired) electrons. The van der Waals surface area contributed by atoms with Crippen LogP contribution in [0.3, 0.4) is 0 Å². The fourth-order valence-electron chi connectivity index (χ4n) is 4.84. The van der Waals surface area contributed by atoms with Crippen molar-refractivity contribution >= 4 is 0 Å². The lowest BCUT2D eigenvalue weighted by molar-refractivity contribution is -0.385. The van der Waals surface area contributed by atoms with Crippen molar-refractivity contribution in [2.45, 2.75) is 90.4 Å². The first-order valence-corrected chi connectivity index (χ1v) is 12.3. The number of aryl methyl sites for hydroxylation is 1. The van der Waals surface area contributed by atoms with Gasteiger partial charge in [0.1, 0.15) is 5.75 Å². The minimum Gasteiger partial charge on any atom is -0.493 e. The number of ether oxygens (including phenoxy) is 2. The van der Waals surface area contributed by atoms with Crippen LogP contribution in [0.15, 0.2) is 10.9 Å². The third-order valence-electron chi connectivity index (χ3n) is 6.83. The molecule has 0 unspecified atom stereocenters. The highest BCUT2D eigenvalue weighted by Crippen LogP contribution is 2.58. The molecular formula is C25H32F6N2O4.